The van der Waals surface area contributed by atoms with Crippen molar-refractivity contribution in [2.24, 2.45) is 0 Å². The minimum atomic E-state index is 0.101. The number of carbonyl (C=O) groups is 1. The van der Waals surface area contributed by atoms with Crippen molar-refractivity contribution < 1.29 is 9.53 Å². The van der Waals surface area contributed by atoms with Crippen LogP contribution in [0.5, 0.6) is 0 Å². The van der Waals surface area contributed by atoms with Crippen LogP contribution in [0.3, 0.4) is 0 Å². The molecule has 0 aromatic heterocycles. The largest absolute Gasteiger partial charge is 0.364 e. The number of nitrogens with zero attached hydrogens (tertiary/aromatic N) is 1. The fourth-order valence-electron chi connectivity index (χ4n) is 1.96. The van der Waals surface area contributed by atoms with Gasteiger partial charge in [0, 0.05) is 19.6 Å². The zero-order valence-electron chi connectivity index (χ0n) is 11.0. The van der Waals surface area contributed by atoms with Gasteiger partial charge in [0.2, 0.25) is 5.91 Å². The topological polar surface area (TPSA) is 41.6 Å². The van der Waals surface area contributed by atoms with E-state index >= 15 is 0 Å². The molecule has 0 bridgehead atoms. The molecule has 1 N–H and O–H groups in total. The zero-order valence-corrected chi connectivity index (χ0v) is 11.0. The summed E-state index contributed by atoms with van der Waals surface area (Å²) in [4.78, 5) is 10.9. The van der Waals surface area contributed by atoms with E-state index in [-0.39, 0.29) is 5.91 Å². The number of ether oxygens (including phenoxy) is 1. The lowest BCUT2D eigenvalue weighted by Crippen LogP contribution is -2.35. The Kier molecular flexibility index (Phi) is 8.01. The summed E-state index contributed by atoms with van der Waals surface area (Å²) in [7, 11) is 0. The molecule has 1 rings (SSSR count). The molecule has 100 valence electrons. The van der Waals surface area contributed by atoms with E-state index in [9.17, 15) is 4.79 Å². The average molecular weight is 242 g/mol. The third-order valence-electron chi connectivity index (χ3n) is 3.03. The number of nitrogens with one attached hydrogen (secondary N) is 1. The van der Waals surface area contributed by atoms with E-state index in [0.717, 1.165) is 19.6 Å². The maximum atomic E-state index is 10.9. The molecule has 4 heteroatoms. The highest BCUT2D eigenvalue weighted by Crippen LogP contribution is 2.07. The molecule has 0 saturated carbocycles. The van der Waals surface area contributed by atoms with Gasteiger partial charge in [-0.3, -0.25) is 10.2 Å². The smallest absolute Gasteiger partial charge is 0.235 e. The number of hydrogen-bond donors (Lipinski definition) is 1. The van der Waals surface area contributed by atoms with E-state index in [1.165, 1.54) is 38.5 Å². The first-order valence-electron chi connectivity index (χ1n) is 6.95. The number of carbonyl (C=O) groups excluding carboxylic acids is 1. The summed E-state index contributed by atoms with van der Waals surface area (Å²) < 4.78 is 5.50. The molecule has 17 heavy (non-hydrogen) atoms. The van der Waals surface area contributed by atoms with Crippen molar-refractivity contribution in [1.29, 1.82) is 0 Å². The first kappa shape index (κ1) is 14.5. The van der Waals surface area contributed by atoms with Gasteiger partial charge in [-0.15, -0.1) is 0 Å². The lowest BCUT2D eigenvalue weighted by atomic mass is 10.1. The van der Waals surface area contributed by atoms with Gasteiger partial charge in [-0.1, -0.05) is 45.4 Å². The van der Waals surface area contributed by atoms with Crippen LogP contribution >= 0.6 is 0 Å². The fraction of sp³-hybridized carbons (Fsp3) is 0.923. The Balaban J connectivity index is 1.77. The summed E-state index contributed by atoms with van der Waals surface area (Å²) in [6, 6.07) is 0. The van der Waals surface area contributed by atoms with Gasteiger partial charge in [-0.05, 0) is 6.42 Å². The van der Waals surface area contributed by atoms with Crippen molar-refractivity contribution in [2.45, 2.75) is 58.3 Å². The molecule has 0 aromatic carbocycles. The van der Waals surface area contributed by atoms with Gasteiger partial charge in [-0.2, -0.15) is 5.01 Å². The van der Waals surface area contributed by atoms with E-state index in [1.54, 1.807) is 0 Å². The van der Waals surface area contributed by atoms with Gasteiger partial charge >= 0.3 is 0 Å². The molecular formula is C13H26N2O2. The Morgan fingerprint density at radius 1 is 1.18 bits per heavy atom. The van der Waals surface area contributed by atoms with Crippen LogP contribution in [0, 0.1) is 0 Å². The summed E-state index contributed by atoms with van der Waals surface area (Å²) >= 11 is 0. The Hall–Kier alpha value is -0.610. The van der Waals surface area contributed by atoms with E-state index in [4.69, 9.17) is 4.74 Å². The first-order valence-corrected chi connectivity index (χ1v) is 6.95. The predicted molar refractivity (Wildman–Crippen MR) is 68.3 cm³/mol. The van der Waals surface area contributed by atoms with Crippen molar-refractivity contribution >= 4 is 5.91 Å². The second-order valence-electron chi connectivity index (χ2n) is 4.71. The van der Waals surface area contributed by atoms with Crippen LogP contribution in [0.25, 0.3) is 0 Å². The summed E-state index contributed by atoms with van der Waals surface area (Å²) in [6.07, 6.45) is 9.72. The quantitative estimate of drug-likeness (QED) is 0.598. The third-order valence-corrected chi connectivity index (χ3v) is 3.03. The molecule has 0 aliphatic carbocycles. The summed E-state index contributed by atoms with van der Waals surface area (Å²) in [5.41, 5.74) is 2.75. The Labute approximate surface area is 105 Å². The zero-order chi connectivity index (χ0) is 12.3. The second kappa shape index (κ2) is 9.42. The normalized spacial score (nSPS) is 16.4. The van der Waals surface area contributed by atoms with Gasteiger partial charge < -0.3 is 4.74 Å². The lowest BCUT2D eigenvalue weighted by molar-refractivity contribution is -0.122. The monoisotopic (exact) mass is 242 g/mol. The van der Waals surface area contributed by atoms with Gasteiger partial charge in [0.15, 0.2) is 0 Å². The van der Waals surface area contributed by atoms with Crippen LogP contribution in [0.2, 0.25) is 0 Å². The predicted octanol–water partition coefficient (Wildman–Crippen LogP) is 2.45. The molecule has 1 amide bonds. The third kappa shape index (κ3) is 7.34. The molecule has 0 aromatic rings. The molecule has 0 radical (unpaired) electrons. The number of amides is 1. The van der Waals surface area contributed by atoms with Crippen molar-refractivity contribution in [1.82, 2.24) is 10.4 Å². The summed E-state index contributed by atoms with van der Waals surface area (Å²) in [6.45, 7) is 4.35. The van der Waals surface area contributed by atoms with E-state index in [2.05, 4.69) is 12.3 Å². The van der Waals surface area contributed by atoms with E-state index in [0.29, 0.717) is 13.2 Å². The molecule has 1 aliphatic rings. The molecule has 1 aliphatic heterocycles. The second-order valence-corrected chi connectivity index (χ2v) is 4.71. The fourth-order valence-corrected chi connectivity index (χ4v) is 1.96. The minimum absolute atomic E-state index is 0.101. The van der Waals surface area contributed by atoms with E-state index in [1.807, 2.05) is 5.01 Å². The molecule has 4 nitrogen and oxygen atoms in total. The first-order chi connectivity index (χ1) is 8.33. The number of hydrazine groups is 1. The average Bonchev–Trinajstić information content (AvgIpc) is 2.73. The molecular weight excluding hydrogens is 216 g/mol. The van der Waals surface area contributed by atoms with Gasteiger partial charge in [-0.25, -0.2) is 0 Å². The number of hydrogen-bond acceptors (Lipinski definition) is 3. The van der Waals surface area contributed by atoms with Crippen LogP contribution in [0.15, 0.2) is 0 Å². The minimum Gasteiger partial charge on any atom is -0.364 e. The van der Waals surface area contributed by atoms with Crippen LogP contribution in [0.1, 0.15) is 58.3 Å². The molecule has 1 heterocycles. The maximum Gasteiger partial charge on any atom is 0.235 e. The van der Waals surface area contributed by atoms with Crippen LogP contribution in [-0.2, 0) is 9.53 Å². The van der Waals surface area contributed by atoms with Crippen LogP contribution < -0.4 is 5.43 Å². The molecule has 1 fully saturated rings. The SMILES string of the molecule is CCCCCCCCCOCN1CCC(=O)N1. The van der Waals surface area contributed by atoms with Gasteiger partial charge in [0.25, 0.3) is 0 Å². The lowest BCUT2D eigenvalue weighted by Gasteiger charge is -2.14. The Bertz CT molecular complexity index is 210. The summed E-state index contributed by atoms with van der Waals surface area (Å²) in [5.74, 6) is 0.101. The maximum absolute atomic E-state index is 10.9. The molecule has 0 unspecified atom stereocenters. The Morgan fingerprint density at radius 3 is 2.53 bits per heavy atom. The van der Waals surface area contributed by atoms with Crippen LogP contribution in [-0.4, -0.2) is 30.8 Å². The highest BCUT2D eigenvalue weighted by atomic mass is 16.5. The number of unbranched alkanes of at least 4 members (excludes halogenated alkanes) is 6. The highest BCUT2D eigenvalue weighted by Gasteiger charge is 2.17. The van der Waals surface area contributed by atoms with Gasteiger partial charge in [0.1, 0.15) is 6.73 Å². The molecule has 0 atom stereocenters. The standard InChI is InChI=1S/C13H26N2O2/c1-2-3-4-5-6-7-8-11-17-12-15-10-9-13(16)14-15/h2-12H2,1H3,(H,14,16). The number of rotatable bonds is 10. The van der Waals surface area contributed by atoms with Crippen molar-refractivity contribution in [2.75, 3.05) is 19.9 Å². The van der Waals surface area contributed by atoms with Gasteiger partial charge in [0.05, 0.1) is 0 Å². The summed E-state index contributed by atoms with van der Waals surface area (Å²) in [5, 5.41) is 1.84. The Morgan fingerprint density at radius 2 is 1.88 bits per heavy atom. The van der Waals surface area contributed by atoms with Crippen molar-refractivity contribution in [3.63, 3.8) is 0 Å². The molecule has 0 spiro atoms. The van der Waals surface area contributed by atoms with E-state index < -0.39 is 0 Å². The molecule has 1 saturated heterocycles. The van der Waals surface area contributed by atoms with Crippen LogP contribution in [0.4, 0.5) is 0 Å². The van der Waals surface area contributed by atoms with Crippen molar-refractivity contribution in [3.05, 3.63) is 0 Å². The highest BCUT2D eigenvalue weighted by molar-refractivity contribution is 5.77. The van der Waals surface area contributed by atoms with Crippen molar-refractivity contribution in [3.8, 4) is 0 Å².